The third-order valence-corrected chi connectivity index (χ3v) is 10.1. The number of carbonyl (C=O) groups is 2. The monoisotopic (exact) mass is 530 g/mol. The second kappa shape index (κ2) is 8.99. The first-order valence-corrected chi connectivity index (χ1v) is 13.7. The number of ether oxygens (including phenoxy) is 6. The fourth-order valence-electron chi connectivity index (χ4n) is 7.37. The maximum Gasteiger partial charge on any atom is 0.338 e. The maximum absolute atomic E-state index is 13.2. The van der Waals surface area contributed by atoms with E-state index in [2.05, 4.69) is 19.9 Å². The molecule has 10 unspecified atom stereocenters. The number of cyclic esters (lactones) is 1. The topological polar surface area (TPSA) is 116 Å². The van der Waals surface area contributed by atoms with E-state index in [-0.39, 0.29) is 25.4 Å². The molecule has 2 spiro atoms. The molecular weight excluding hydrogens is 492 g/mol. The summed E-state index contributed by atoms with van der Waals surface area (Å²) in [4.78, 5) is 26.2. The number of fused-ring (bicyclic) bond motifs is 1. The van der Waals surface area contributed by atoms with Crippen molar-refractivity contribution in [2.45, 2.75) is 101 Å². The van der Waals surface area contributed by atoms with Crippen LogP contribution in [0.2, 0.25) is 0 Å². The van der Waals surface area contributed by atoms with E-state index in [1.807, 2.05) is 6.92 Å². The number of aliphatic hydroxyl groups is 1. The Hall–Kier alpha value is -2.04. The van der Waals surface area contributed by atoms with E-state index >= 15 is 0 Å². The van der Waals surface area contributed by atoms with Crippen LogP contribution in [0.4, 0.5) is 0 Å². The van der Waals surface area contributed by atoms with Crippen LogP contribution in [0.1, 0.15) is 53.4 Å². The van der Waals surface area contributed by atoms with E-state index in [1.165, 1.54) is 11.6 Å². The first kappa shape index (κ1) is 26.2. The first-order chi connectivity index (χ1) is 18.0. The van der Waals surface area contributed by atoms with Crippen LogP contribution < -0.4 is 0 Å². The Kier molecular flexibility index (Phi) is 6.20. The molecule has 0 aromatic heterocycles. The molecule has 9 heteroatoms. The van der Waals surface area contributed by atoms with E-state index < -0.39 is 58.4 Å². The molecule has 38 heavy (non-hydrogen) atoms. The lowest BCUT2D eigenvalue weighted by Gasteiger charge is -2.58. The number of hydrogen-bond acceptors (Lipinski definition) is 9. The van der Waals surface area contributed by atoms with Gasteiger partial charge in [0, 0.05) is 24.3 Å². The smallest absolute Gasteiger partial charge is 0.338 e. The van der Waals surface area contributed by atoms with Gasteiger partial charge in [0.2, 0.25) is 0 Å². The Morgan fingerprint density at radius 3 is 2.63 bits per heavy atom. The van der Waals surface area contributed by atoms with E-state index in [0.717, 1.165) is 12.8 Å². The molecule has 0 aromatic carbocycles. The summed E-state index contributed by atoms with van der Waals surface area (Å²) in [5.74, 6) is -0.876. The van der Waals surface area contributed by atoms with Crippen molar-refractivity contribution in [3.63, 3.8) is 0 Å². The number of epoxide rings is 2. The Labute approximate surface area is 223 Å². The van der Waals surface area contributed by atoms with Crippen molar-refractivity contribution in [3.05, 3.63) is 36.0 Å². The highest BCUT2D eigenvalue weighted by Gasteiger charge is 2.83. The number of aliphatic hydroxyl groups excluding tert-OH is 1. The fourth-order valence-corrected chi connectivity index (χ4v) is 7.37. The minimum atomic E-state index is -0.754. The molecule has 4 aliphatic heterocycles. The van der Waals surface area contributed by atoms with Crippen LogP contribution in [-0.4, -0.2) is 84.7 Å². The average Bonchev–Trinajstić information content (AvgIpc) is 3.77. The molecule has 2 aliphatic carbocycles. The minimum absolute atomic E-state index is 0.123. The molecule has 0 aromatic rings. The van der Waals surface area contributed by atoms with Gasteiger partial charge in [-0.2, -0.15) is 0 Å². The van der Waals surface area contributed by atoms with Crippen LogP contribution in [0.5, 0.6) is 0 Å². The third-order valence-electron chi connectivity index (χ3n) is 10.1. The molecule has 10 atom stereocenters. The summed E-state index contributed by atoms with van der Waals surface area (Å²) in [6.45, 7) is 8.66. The molecule has 6 rings (SSSR count). The standard InChI is InChI=1S/C29H38O9/c1-17-9-10-28-15-34-25(32)24-26(3,38-24)11-12-33-19(18(2)30)7-5-6-8-23(31)37-20-14-22(36-21(28)13-17)29(16-35-29)27(20,28)4/h5-8,13,18-22,24,30H,9-12,14-16H2,1-4H3. The van der Waals surface area contributed by atoms with Gasteiger partial charge >= 0.3 is 11.9 Å². The van der Waals surface area contributed by atoms with Gasteiger partial charge in [0.05, 0.1) is 36.9 Å². The normalized spacial score (nSPS) is 49.1. The summed E-state index contributed by atoms with van der Waals surface area (Å²) in [6, 6.07) is 0. The van der Waals surface area contributed by atoms with Gasteiger partial charge in [0.15, 0.2) is 6.10 Å². The second-order valence-electron chi connectivity index (χ2n) is 12.2. The largest absolute Gasteiger partial charge is 0.463 e. The van der Waals surface area contributed by atoms with Crippen molar-refractivity contribution in [2.75, 3.05) is 19.8 Å². The molecule has 1 saturated carbocycles. The Balaban J connectivity index is 1.35. The van der Waals surface area contributed by atoms with Crippen LogP contribution in [-0.2, 0) is 38.0 Å². The molecule has 0 amide bonds. The summed E-state index contributed by atoms with van der Waals surface area (Å²) < 4.78 is 36.6. The average molecular weight is 531 g/mol. The third kappa shape index (κ3) is 3.84. The molecule has 6 aliphatic rings. The lowest BCUT2D eigenvalue weighted by atomic mass is 9.51. The molecular formula is C29H38O9. The zero-order valence-corrected chi connectivity index (χ0v) is 22.5. The van der Waals surface area contributed by atoms with Gasteiger partial charge in [-0.3, -0.25) is 0 Å². The highest BCUT2D eigenvalue weighted by atomic mass is 16.7. The van der Waals surface area contributed by atoms with Gasteiger partial charge in [-0.05, 0) is 33.6 Å². The molecule has 4 fully saturated rings. The Bertz CT molecular complexity index is 1090. The van der Waals surface area contributed by atoms with Gasteiger partial charge in [-0.15, -0.1) is 0 Å². The molecule has 9 nitrogen and oxygen atoms in total. The molecule has 0 radical (unpaired) electrons. The SMILES string of the molecule is CC1=CC2OC3CC4OC(=O)C=CC=CC(C(C)O)OCCC5(C)OC5C(=O)OCC2(CC1)C4(C)C31CO1. The fraction of sp³-hybridized carbons (Fsp3) is 0.724. The van der Waals surface area contributed by atoms with Crippen molar-refractivity contribution in [1.82, 2.24) is 0 Å². The van der Waals surface area contributed by atoms with Crippen molar-refractivity contribution >= 4 is 11.9 Å². The van der Waals surface area contributed by atoms with E-state index in [1.54, 1.807) is 25.2 Å². The van der Waals surface area contributed by atoms with Gasteiger partial charge in [0.25, 0.3) is 0 Å². The van der Waals surface area contributed by atoms with Crippen LogP contribution in [0.25, 0.3) is 0 Å². The van der Waals surface area contributed by atoms with Gasteiger partial charge < -0.3 is 33.5 Å². The summed E-state index contributed by atoms with van der Waals surface area (Å²) in [6.07, 6.45) is 8.08. The van der Waals surface area contributed by atoms with E-state index in [9.17, 15) is 14.7 Å². The maximum atomic E-state index is 13.2. The first-order valence-electron chi connectivity index (χ1n) is 13.7. The van der Waals surface area contributed by atoms with Crippen LogP contribution in [0, 0.1) is 10.8 Å². The predicted molar refractivity (Wildman–Crippen MR) is 134 cm³/mol. The zero-order chi connectivity index (χ0) is 26.9. The van der Waals surface area contributed by atoms with Gasteiger partial charge in [-0.25, -0.2) is 9.59 Å². The summed E-state index contributed by atoms with van der Waals surface area (Å²) in [5, 5.41) is 10.1. The number of hydrogen-bond donors (Lipinski definition) is 1. The van der Waals surface area contributed by atoms with Crippen molar-refractivity contribution < 1.29 is 43.1 Å². The molecule has 2 bridgehead atoms. The lowest BCUT2D eigenvalue weighted by Crippen LogP contribution is -2.66. The number of esters is 2. The highest BCUT2D eigenvalue weighted by molar-refractivity contribution is 5.82. The van der Waals surface area contributed by atoms with Crippen molar-refractivity contribution in [2.24, 2.45) is 10.8 Å². The van der Waals surface area contributed by atoms with Crippen LogP contribution in [0.3, 0.4) is 0 Å². The Morgan fingerprint density at radius 2 is 1.89 bits per heavy atom. The summed E-state index contributed by atoms with van der Waals surface area (Å²) >= 11 is 0. The molecule has 1 N–H and O–H groups in total. The zero-order valence-electron chi connectivity index (χ0n) is 22.5. The molecule has 208 valence electrons. The minimum Gasteiger partial charge on any atom is -0.463 e. The quantitative estimate of drug-likeness (QED) is 0.310. The number of allylic oxidation sites excluding steroid dienone is 3. The van der Waals surface area contributed by atoms with E-state index in [0.29, 0.717) is 19.4 Å². The van der Waals surface area contributed by atoms with Crippen molar-refractivity contribution in [1.29, 1.82) is 0 Å². The van der Waals surface area contributed by atoms with Crippen molar-refractivity contribution in [3.8, 4) is 0 Å². The predicted octanol–water partition coefficient (Wildman–Crippen LogP) is 2.55. The van der Waals surface area contributed by atoms with Crippen LogP contribution >= 0.6 is 0 Å². The summed E-state index contributed by atoms with van der Waals surface area (Å²) in [5.41, 5.74) is -1.25. The van der Waals surface area contributed by atoms with Gasteiger partial charge in [0.1, 0.15) is 30.0 Å². The number of rotatable bonds is 1. The van der Waals surface area contributed by atoms with E-state index in [4.69, 9.17) is 28.4 Å². The number of carbonyl (C=O) groups excluding carboxylic acids is 2. The Morgan fingerprint density at radius 1 is 1.11 bits per heavy atom. The second-order valence-corrected chi connectivity index (χ2v) is 12.2. The molecule has 4 heterocycles. The van der Waals surface area contributed by atoms with Crippen LogP contribution in [0.15, 0.2) is 36.0 Å². The molecule has 3 saturated heterocycles. The lowest BCUT2D eigenvalue weighted by molar-refractivity contribution is -0.233. The summed E-state index contributed by atoms with van der Waals surface area (Å²) in [7, 11) is 0. The van der Waals surface area contributed by atoms with Gasteiger partial charge in [-0.1, -0.05) is 36.8 Å². The highest BCUT2D eigenvalue weighted by Crippen LogP contribution is 2.72.